The first kappa shape index (κ1) is 16.2. The summed E-state index contributed by atoms with van der Waals surface area (Å²) in [5, 5.41) is 2.79. The summed E-state index contributed by atoms with van der Waals surface area (Å²) in [6.45, 7) is 2.33. The van der Waals surface area contributed by atoms with Gasteiger partial charge in [0.1, 0.15) is 5.82 Å². The van der Waals surface area contributed by atoms with Crippen molar-refractivity contribution in [2.75, 3.05) is 24.5 Å². The van der Waals surface area contributed by atoms with Crippen LogP contribution in [0.15, 0.2) is 42.7 Å². The van der Waals surface area contributed by atoms with Gasteiger partial charge in [0.25, 0.3) is 11.7 Å². The van der Waals surface area contributed by atoms with Gasteiger partial charge in [-0.05, 0) is 43.0 Å². The number of anilines is 1. The van der Waals surface area contributed by atoms with Gasteiger partial charge in [-0.1, -0.05) is 6.07 Å². The summed E-state index contributed by atoms with van der Waals surface area (Å²) in [7, 11) is 1.76. The minimum atomic E-state index is -0.535. The first-order valence-electron chi connectivity index (χ1n) is 8.25. The third kappa shape index (κ3) is 3.64. The Morgan fingerprint density at radius 3 is 2.88 bits per heavy atom. The van der Waals surface area contributed by atoms with Gasteiger partial charge in [-0.2, -0.15) is 0 Å². The Hall–Kier alpha value is -2.63. The van der Waals surface area contributed by atoms with Gasteiger partial charge in [0.15, 0.2) is 0 Å². The van der Waals surface area contributed by atoms with Crippen LogP contribution in [0.2, 0.25) is 0 Å². The predicted molar refractivity (Wildman–Crippen MR) is 91.9 cm³/mol. The number of amides is 1. The van der Waals surface area contributed by atoms with E-state index in [1.165, 1.54) is 0 Å². The lowest BCUT2D eigenvalue weighted by atomic mass is 9.98. The van der Waals surface area contributed by atoms with Crippen LogP contribution in [-0.2, 0) is 11.8 Å². The highest BCUT2D eigenvalue weighted by Gasteiger charge is 2.23. The molecule has 24 heavy (non-hydrogen) atoms. The first-order valence-corrected chi connectivity index (χ1v) is 8.25. The number of pyridine rings is 1. The van der Waals surface area contributed by atoms with E-state index in [1.54, 1.807) is 36.1 Å². The molecule has 1 fully saturated rings. The number of hydrogen-bond acceptors (Lipinski definition) is 4. The fourth-order valence-electron chi connectivity index (χ4n) is 3.11. The Balaban J connectivity index is 1.54. The Kier molecular flexibility index (Phi) is 4.93. The lowest BCUT2D eigenvalue weighted by Gasteiger charge is -2.33. The summed E-state index contributed by atoms with van der Waals surface area (Å²) in [4.78, 5) is 30.8. The van der Waals surface area contributed by atoms with Crippen LogP contribution < -0.4 is 10.2 Å². The van der Waals surface area contributed by atoms with Crippen LogP contribution in [0.4, 0.5) is 5.82 Å². The zero-order chi connectivity index (χ0) is 16.9. The van der Waals surface area contributed by atoms with E-state index in [0.717, 1.165) is 31.7 Å². The highest BCUT2D eigenvalue weighted by molar-refractivity contribution is 6.42. The van der Waals surface area contributed by atoms with Gasteiger partial charge in [-0.3, -0.25) is 9.59 Å². The molecule has 1 amide bonds. The standard InChI is InChI=1S/C18H22N4O2/c1-21-10-5-7-15(21)17(23)18(24)20-12-14-6-4-11-22(13-14)16-8-2-3-9-19-16/h2-3,5,7-10,14H,4,6,11-13H2,1H3,(H,20,24)/t14-/m0/s1. The average molecular weight is 326 g/mol. The Morgan fingerprint density at radius 2 is 2.17 bits per heavy atom. The molecule has 0 spiro atoms. The van der Waals surface area contributed by atoms with Gasteiger partial charge in [0.05, 0.1) is 5.69 Å². The maximum absolute atomic E-state index is 12.1. The quantitative estimate of drug-likeness (QED) is 0.670. The molecule has 3 rings (SSSR count). The fourth-order valence-corrected chi connectivity index (χ4v) is 3.11. The number of carbonyl (C=O) groups excluding carboxylic acids is 2. The summed E-state index contributed by atoms with van der Waals surface area (Å²) in [6, 6.07) is 9.30. The van der Waals surface area contributed by atoms with E-state index < -0.39 is 11.7 Å². The molecular formula is C18H22N4O2. The maximum Gasteiger partial charge on any atom is 0.294 e. The van der Waals surface area contributed by atoms with Crippen molar-refractivity contribution in [3.8, 4) is 0 Å². The van der Waals surface area contributed by atoms with Gasteiger partial charge in [-0.25, -0.2) is 4.98 Å². The van der Waals surface area contributed by atoms with Crippen molar-refractivity contribution in [1.82, 2.24) is 14.9 Å². The number of aryl methyl sites for hydroxylation is 1. The highest BCUT2D eigenvalue weighted by Crippen LogP contribution is 2.20. The van der Waals surface area contributed by atoms with E-state index in [9.17, 15) is 9.59 Å². The second-order valence-corrected chi connectivity index (χ2v) is 6.19. The Labute approximate surface area is 141 Å². The van der Waals surface area contributed by atoms with Crippen molar-refractivity contribution in [3.63, 3.8) is 0 Å². The zero-order valence-electron chi connectivity index (χ0n) is 13.8. The van der Waals surface area contributed by atoms with Crippen molar-refractivity contribution >= 4 is 17.5 Å². The molecule has 1 atom stereocenters. The van der Waals surface area contributed by atoms with E-state index in [-0.39, 0.29) is 0 Å². The summed E-state index contributed by atoms with van der Waals surface area (Å²) < 4.78 is 1.66. The second kappa shape index (κ2) is 7.29. The molecule has 0 radical (unpaired) electrons. The van der Waals surface area contributed by atoms with Crippen LogP contribution in [0.5, 0.6) is 0 Å². The molecule has 1 saturated heterocycles. The number of carbonyl (C=O) groups is 2. The van der Waals surface area contributed by atoms with Crippen LogP contribution in [0.3, 0.4) is 0 Å². The van der Waals surface area contributed by atoms with Crippen LogP contribution in [0, 0.1) is 5.92 Å². The fraction of sp³-hybridized carbons (Fsp3) is 0.389. The van der Waals surface area contributed by atoms with E-state index >= 15 is 0 Å². The molecule has 1 N–H and O–H groups in total. The molecule has 3 heterocycles. The minimum Gasteiger partial charge on any atom is -0.356 e. The van der Waals surface area contributed by atoms with Crippen LogP contribution in [-0.4, -0.2) is 40.9 Å². The third-order valence-corrected chi connectivity index (χ3v) is 4.43. The molecule has 6 nitrogen and oxygen atoms in total. The van der Waals surface area contributed by atoms with Crippen molar-refractivity contribution in [3.05, 3.63) is 48.4 Å². The molecule has 2 aromatic rings. The number of nitrogens with one attached hydrogen (secondary N) is 1. The van der Waals surface area contributed by atoms with E-state index in [4.69, 9.17) is 0 Å². The van der Waals surface area contributed by atoms with E-state index in [2.05, 4.69) is 15.2 Å². The molecule has 1 aliphatic rings. The monoisotopic (exact) mass is 326 g/mol. The summed E-state index contributed by atoms with van der Waals surface area (Å²) in [5.41, 5.74) is 0.409. The maximum atomic E-state index is 12.1. The van der Waals surface area contributed by atoms with Crippen molar-refractivity contribution < 1.29 is 9.59 Å². The van der Waals surface area contributed by atoms with Gasteiger partial charge in [0, 0.05) is 39.1 Å². The number of piperidine rings is 1. The molecular weight excluding hydrogens is 304 g/mol. The molecule has 2 aromatic heterocycles. The van der Waals surface area contributed by atoms with E-state index in [1.807, 2.05) is 18.2 Å². The number of hydrogen-bond donors (Lipinski definition) is 1. The molecule has 1 aliphatic heterocycles. The van der Waals surface area contributed by atoms with Crippen molar-refractivity contribution in [2.24, 2.45) is 13.0 Å². The second-order valence-electron chi connectivity index (χ2n) is 6.19. The highest BCUT2D eigenvalue weighted by atomic mass is 16.2. The van der Waals surface area contributed by atoms with Crippen molar-refractivity contribution in [2.45, 2.75) is 12.8 Å². The predicted octanol–water partition coefficient (Wildman–Crippen LogP) is 1.64. The Bertz CT molecular complexity index is 711. The number of aromatic nitrogens is 2. The molecule has 0 aliphatic carbocycles. The molecule has 0 aromatic carbocycles. The van der Waals surface area contributed by atoms with Gasteiger partial charge in [0.2, 0.25) is 0 Å². The smallest absolute Gasteiger partial charge is 0.294 e. The van der Waals surface area contributed by atoms with Crippen LogP contribution in [0.25, 0.3) is 0 Å². The zero-order valence-corrected chi connectivity index (χ0v) is 13.8. The molecule has 126 valence electrons. The number of rotatable bonds is 5. The van der Waals surface area contributed by atoms with Gasteiger partial charge in [-0.15, -0.1) is 0 Å². The van der Waals surface area contributed by atoms with Crippen LogP contribution >= 0.6 is 0 Å². The molecule has 6 heteroatoms. The number of nitrogens with zero attached hydrogens (tertiary/aromatic N) is 3. The number of ketones is 1. The minimum absolute atomic E-state index is 0.325. The van der Waals surface area contributed by atoms with Crippen LogP contribution in [0.1, 0.15) is 23.3 Å². The lowest BCUT2D eigenvalue weighted by molar-refractivity contribution is -0.117. The largest absolute Gasteiger partial charge is 0.356 e. The summed E-state index contributed by atoms with van der Waals surface area (Å²) in [5.74, 6) is 0.269. The molecule has 0 saturated carbocycles. The normalized spacial score (nSPS) is 17.5. The average Bonchev–Trinajstić information content (AvgIpc) is 3.06. The Morgan fingerprint density at radius 1 is 1.29 bits per heavy atom. The van der Waals surface area contributed by atoms with Gasteiger partial charge < -0.3 is 14.8 Å². The third-order valence-electron chi connectivity index (χ3n) is 4.43. The first-order chi connectivity index (χ1) is 11.6. The SMILES string of the molecule is Cn1cccc1C(=O)C(=O)NC[C@@H]1CCCN(c2ccccn2)C1. The van der Waals surface area contributed by atoms with E-state index in [0.29, 0.717) is 18.2 Å². The number of Topliss-reactive ketones (excluding diaryl/α,β-unsaturated/α-hetero) is 1. The molecule has 0 unspecified atom stereocenters. The lowest BCUT2D eigenvalue weighted by Crippen LogP contribution is -2.42. The topological polar surface area (TPSA) is 67.2 Å². The summed E-state index contributed by atoms with van der Waals surface area (Å²) in [6.07, 6.45) is 5.65. The molecule has 0 bridgehead atoms. The van der Waals surface area contributed by atoms with Gasteiger partial charge >= 0.3 is 0 Å². The van der Waals surface area contributed by atoms with Crippen molar-refractivity contribution in [1.29, 1.82) is 0 Å². The summed E-state index contributed by atoms with van der Waals surface area (Å²) >= 11 is 0.